The number of esters is 1. The Labute approximate surface area is 169 Å². The molecule has 7 heteroatoms. The molecule has 1 unspecified atom stereocenters. The van der Waals surface area contributed by atoms with Crippen molar-refractivity contribution in [1.29, 1.82) is 0 Å². The van der Waals surface area contributed by atoms with E-state index in [1.165, 1.54) is 5.56 Å². The molecule has 1 aliphatic rings. The van der Waals surface area contributed by atoms with Crippen molar-refractivity contribution in [3.05, 3.63) is 65.7 Å². The predicted octanol–water partition coefficient (Wildman–Crippen LogP) is 3.41. The van der Waals surface area contributed by atoms with Gasteiger partial charge in [-0.1, -0.05) is 42.5 Å². The zero-order valence-electron chi connectivity index (χ0n) is 16.0. The fourth-order valence-electron chi connectivity index (χ4n) is 3.18. The molecule has 154 valence electrons. The molecular weight excluding hydrogens is 374 g/mol. The van der Waals surface area contributed by atoms with Gasteiger partial charge in [-0.2, -0.15) is 0 Å². The van der Waals surface area contributed by atoms with E-state index >= 15 is 0 Å². The van der Waals surface area contributed by atoms with Gasteiger partial charge in [0, 0.05) is 11.6 Å². The SMILES string of the molecule is Nc1ccc(C2CCOC(=O)C2)cc1.O=C(O)CC(CC(=O)O)c1ccccc1. The average molecular weight is 399 g/mol. The van der Waals surface area contributed by atoms with Crippen LogP contribution in [-0.2, 0) is 19.1 Å². The maximum absolute atomic E-state index is 11.1. The lowest BCUT2D eigenvalue weighted by Crippen LogP contribution is -2.19. The average Bonchev–Trinajstić information content (AvgIpc) is 2.68. The number of carboxylic acids is 2. The van der Waals surface area contributed by atoms with Gasteiger partial charge in [0.05, 0.1) is 25.9 Å². The molecule has 3 rings (SSSR count). The molecular formula is C22H25NO6. The second-order valence-electron chi connectivity index (χ2n) is 6.88. The summed E-state index contributed by atoms with van der Waals surface area (Å²) < 4.78 is 4.89. The highest BCUT2D eigenvalue weighted by molar-refractivity contribution is 5.72. The highest BCUT2D eigenvalue weighted by Gasteiger charge is 2.21. The first-order chi connectivity index (χ1) is 13.8. The number of aliphatic carboxylic acids is 2. The standard InChI is InChI=1S/C11H13NO2.C11H12O4/c12-10-3-1-8(2-4-10)9-5-6-14-11(13)7-9;12-10(13)6-9(7-11(14)15)8-4-2-1-3-5-8/h1-4,9H,5-7,12H2;1-5,9H,6-7H2,(H,12,13)(H,14,15). The zero-order valence-corrected chi connectivity index (χ0v) is 16.0. The van der Waals surface area contributed by atoms with Crippen LogP contribution in [-0.4, -0.2) is 34.7 Å². The van der Waals surface area contributed by atoms with Crippen molar-refractivity contribution in [1.82, 2.24) is 0 Å². The summed E-state index contributed by atoms with van der Waals surface area (Å²) in [5.74, 6) is -2.22. The van der Waals surface area contributed by atoms with Gasteiger partial charge in [-0.05, 0) is 35.6 Å². The van der Waals surface area contributed by atoms with Crippen molar-refractivity contribution in [2.45, 2.75) is 37.5 Å². The maximum Gasteiger partial charge on any atom is 0.306 e. The number of carboxylic acid groups (broad SMARTS) is 2. The minimum Gasteiger partial charge on any atom is -0.481 e. The van der Waals surface area contributed by atoms with Gasteiger partial charge in [-0.15, -0.1) is 0 Å². The number of hydrogen-bond acceptors (Lipinski definition) is 5. The third kappa shape index (κ3) is 7.65. The topological polar surface area (TPSA) is 127 Å². The molecule has 0 radical (unpaired) electrons. The normalized spacial score (nSPS) is 15.8. The maximum atomic E-state index is 11.1. The lowest BCUT2D eigenvalue weighted by Gasteiger charge is -2.21. The Morgan fingerprint density at radius 2 is 1.59 bits per heavy atom. The number of rotatable bonds is 6. The number of carbonyl (C=O) groups excluding carboxylic acids is 1. The van der Waals surface area contributed by atoms with Gasteiger partial charge in [-0.25, -0.2) is 0 Å². The Kier molecular flexibility index (Phi) is 8.21. The number of cyclic esters (lactones) is 1. The summed E-state index contributed by atoms with van der Waals surface area (Å²) >= 11 is 0. The first kappa shape index (κ1) is 21.9. The number of nitrogens with two attached hydrogens (primary N) is 1. The first-order valence-corrected chi connectivity index (χ1v) is 9.34. The smallest absolute Gasteiger partial charge is 0.306 e. The minimum absolute atomic E-state index is 0.0990. The number of benzene rings is 2. The van der Waals surface area contributed by atoms with Crippen LogP contribution in [0.2, 0.25) is 0 Å². The molecule has 1 heterocycles. The van der Waals surface area contributed by atoms with Crippen molar-refractivity contribution < 1.29 is 29.3 Å². The van der Waals surface area contributed by atoms with Crippen LogP contribution in [0.15, 0.2) is 54.6 Å². The Morgan fingerprint density at radius 1 is 1.00 bits per heavy atom. The van der Waals surface area contributed by atoms with Crippen LogP contribution >= 0.6 is 0 Å². The molecule has 0 bridgehead atoms. The molecule has 4 N–H and O–H groups in total. The van der Waals surface area contributed by atoms with Crippen molar-refractivity contribution in [3.8, 4) is 0 Å². The van der Waals surface area contributed by atoms with Gasteiger partial charge in [0.2, 0.25) is 0 Å². The zero-order chi connectivity index (χ0) is 21.2. The van der Waals surface area contributed by atoms with Crippen LogP contribution in [0, 0.1) is 0 Å². The molecule has 1 aliphatic heterocycles. The summed E-state index contributed by atoms with van der Waals surface area (Å²) in [4.78, 5) is 32.2. The number of carbonyl (C=O) groups is 3. The van der Waals surface area contributed by atoms with Crippen LogP contribution in [0.5, 0.6) is 0 Å². The van der Waals surface area contributed by atoms with Crippen molar-refractivity contribution in [2.75, 3.05) is 12.3 Å². The Bertz CT molecular complexity index is 803. The lowest BCUT2D eigenvalue weighted by atomic mass is 9.91. The van der Waals surface area contributed by atoms with Crippen LogP contribution in [0.25, 0.3) is 0 Å². The second kappa shape index (κ2) is 10.8. The molecule has 0 saturated carbocycles. The van der Waals surface area contributed by atoms with E-state index in [1.807, 2.05) is 30.3 Å². The molecule has 0 aliphatic carbocycles. The molecule has 2 aromatic carbocycles. The summed E-state index contributed by atoms with van der Waals surface area (Å²) in [5, 5.41) is 17.3. The van der Waals surface area contributed by atoms with E-state index in [9.17, 15) is 14.4 Å². The van der Waals surface area contributed by atoms with Crippen LogP contribution in [0.4, 0.5) is 5.69 Å². The molecule has 7 nitrogen and oxygen atoms in total. The van der Waals surface area contributed by atoms with Crippen molar-refractivity contribution >= 4 is 23.6 Å². The Hall–Kier alpha value is -3.35. The van der Waals surface area contributed by atoms with Gasteiger partial charge >= 0.3 is 17.9 Å². The van der Waals surface area contributed by atoms with Crippen molar-refractivity contribution in [3.63, 3.8) is 0 Å². The minimum atomic E-state index is -0.981. The van der Waals surface area contributed by atoms with Crippen LogP contribution in [0.1, 0.15) is 48.6 Å². The fraction of sp³-hybridized carbons (Fsp3) is 0.318. The van der Waals surface area contributed by atoms with Crippen LogP contribution < -0.4 is 5.73 Å². The summed E-state index contributed by atoms with van der Waals surface area (Å²) in [7, 11) is 0. The van der Waals surface area contributed by atoms with E-state index in [-0.39, 0.29) is 18.8 Å². The molecule has 0 spiro atoms. The molecule has 1 fully saturated rings. The third-order valence-electron chi connectivity index (χ3n) is 4.66. The monoisotopic (exact) mass is 399 g/mol. The largest absolute Gasteiger partial charge is 0.481 e. The molecule has 0 aromatic heterocycles. The van der Waals surface area contributed by atoms with Gasteiger partial charge < -0.3 is 20.7 Å². The van der Waals surface area contributed by atoms with Gasteiger partial charge in [0.1, 0.15) is 0 Å². The number of anilines is 1. The van der Waals surface area contributed by atoms with E-state index < -0.39 is 17.9 Å². The molecule has 1 saturated heterocycles. The summed E-state index contributed by atoms with van der Waals surface area (Å²) in [6, 6.07) is 16.6. The number of nitrogen functional groups attached to an aromatic ring is 1. The highest BCUT2D eigenvalue weighted by atomic mass is 16.5. The molecule has 29 heavy (non-hydrogen) atoms. The van der Waals surface area contributed by atoms with E-state index in [1.54, 1.807) is 24.3 Å². The first-order valence-electron chi connectivity index (χ1n) is 9.34. The fourth-order valence-corrected chi connectivity index (χ4v) is 3.18. The summed E-state index contributed by atoms with van der Waals surface area (Å²) in [6.07, 6.45) is 1.09. The number of ether oxygens (including phenoxy) is 1. The summed E-state index contributed by atoms with van der Waals surface area (Å²) in [6.45, 7) is 0.536. The molecule has 2 aromatic rings. The van der Waals surface area contributed by atoms with Gasteiger partial charge in [0.25, 0.3) is 0 Å². The quantitative estimate of drug-likeness (QED) is 0.502. The third-order valence-corrected chi connectivity index (χ3v) is 4.66. The highest BCUT2D eigenvalue weighted by Crippen LogP contribution is 2.27. The Balaban J connectivity index is 0.000000207. The van der Waals surface area contributed by atoms with Crippen molar-refractivity contribution in [2.24, 2.45) is 0 Å². The van der Waals surface area contributed by atoms with E-state index in [0.717, 1.165) is 17.7 Å². The van der Waals surface area contributed by atoms with Gasteiger partial charge in [-0.3, -0.25) is 14.4 Å². The number of hydrogen-bond donors (Lipinski definition) is 3. The second-order valence-corrected chi connectivity index (χ2v) is 6.88. The molecule has 1 atom stereocenters. The lowest BCUT2D eigenvalue weighted by molar-refractivity contribution is -0.147. The summed E-state index contributed by atoms with van der Waals surface area (Å²) in [5.41, 5.74) is 8.28. The molecule has 0 amide bonds. The van der Waals surface area contributed by atoms with E-state index in [4.69, 9.17) is 20.7 Å². The predicted molar refractivity (Wildman–Crippen MR) is 107 cm³/mol. The van der Waals surface area contributed by atoms with E-state index in [0.29, 0.717) is 18.9 Å². The van der Waals surface area contributed by atoms with Gasteiger partial charge in [0.15, 0.2) is 0 Å². The van der Waals surface area contributed by atoms with E-state index in [2.05, 4.69) is 0 Å². The van der Waals surface area contributed by atoms with Crippen LogP contribution in [0.3, 0.4) is 0 Å². The Morgan fingerprint density at radius 3 is 2.10 bits per heavy atom.